The Hall–Kier alpha value is -0.900. The van der Waals surface area contributed by atoms with Crippen LogP contribution in [0.15, 0.2) is 30.3 Å². The van der Waals surface area contributed by atoms with Gasteiger partial charge >= 0.3 is 0 Å². The molecular formula is C16H26N2O. The Morgan fingerprint density at radius 3 is 2.63 bits per heavy atom. The number of rotatable bonds is 6. The maximum Gasteiger partial charge on any atom is 0.0513 e. The monoisotopic (exact) mass is 262 g/mol. The van der Waals surface area contributed by atoms with E-state index in [4.69, 9.17) is 10.5 Å². The highest BCUT2D eigenvalue weighted by Gasteiger charge is 2.39. The molecule has 0 spiro atoms. The number of hydrogen-bond acceptors (Lipinski definition) is 3. The number of ether oxygens (including phenoxy) is 1. The molecule has 2 atom stereocenters. The van der Waals surface area contributed by atoms with Crippen molar-refractivity contribution in [3.05, 3.63) is 35.9 Å². The fourth-order valence-corrected chi connectivity index (χ4v) is 3.04. The Balaban J connectivity index is 2.13. The summed E-state index contributed by atoms with van der Waals surface area (Å²) in [5.74, 6) is 0.543. The molecule has 106 valence electrons. The molecule has 1 aliphatic heterocycles. The molecule has 3 nitrogen and oxygen atoms in total. The van der Waals surface area contributed by atoms with Crippen molar-refractivity contribution < 1.29 is 4.74 Å². The van der Waals surface area contributed by atoms with Gasteiger partial charge in [-0.05, 0) is 25.5 Å². The third-order valence-electron chi connectivity index (χ3n) is 4.54. The van der Waals surface area contributed by atoms with E-state index in [1.54, 1.807) is 0 Å². The van der Waals surface area contributed by atoms with E-state index in [1.807, 2.05) is 0 Å². The lowest BCUT2D eigenvalue weighted by Crippen LogP contribution is -2.56. The number of nitrogens with two attached hydrogens (primary N) is 1. The summed E-state index contributed by atoms with van der Waals surface area (Å²) in [6.45, 7) is 8.88. The van der Waals surface area contributed by atoms with Crippen molar-refractivity contribution in [1.29, 1.82) is 0 Å². The van der Waals surface area contributed by atoms with Crippen LogP contribution in [0.2, 0.25) is 0 Å². The molecule has 2 rings (SSSR count). The van der Waals surface area contributed by atoms with Crippen LogP contribution in [0.3, 0.4) is 0 Å². The molecule has 2 unspecified atom stereocenters. The van der Waals surface area contributed by atoms with Crippen LogP contribution in [0.25, 0.3) is 0 Å². The van der Waals surface area contributed by atoms with Gasteiger partial charge in [0.25, 0.3) is 0 Å². The van der Waals surface area contributed by atoms with Crippen molar-refractivity contribution in [2.24, 2.45) is 11.7 Å². The van der Waals surface area contributed by atoms with Crippen LogP contribution in [-0.2, 0) is 11.3 Å². The van der Waals surface area contributed by atoms with Crippen molar-refractivity contribution in [3.63, 3.8) is 0 Å². The number of nitrogens with zero attached hydrogens (tertiary/aromatic N) is 1. The van der Waals surface area contributed by atoms with Crippen LogP contribution >= 0.6 is 0 Å². The first kappa shape index (κ1) is 14.5. The molecule has 1 saturated heterocycles. The summed E-state index contributed by atoms with van der Waals surface area (Å²) in [7, 11) is 0. The molecule has 1 aliphatic rings. The first-order valence-corrected chi connectivity index (χ1v) is 7.27. The Morgan fingerprint density at radius 2 is 2.11 bits per heavy atom. The van der Waals surface area contributed by atoms with Crippen LogP contribution in [0.4, 0.5) is 0 Å². The number of likely N-dealkylation sites (N-methyl/N-ethyl adjacent to an activating group) is 1. The smallest absolute Gasteiger partial charge is 0.0513 e. The highest BCUT2D eigenvalue weighted by Crippen LogP contribution is 2.31. The van der Waals surface area contributed by atoms with Crippen LogP contribution in [-0.4, -0.2) is 36.7 Å². The second-order valence-corrected chi connectivity index (χ2v) is 5.62. The van der Waals surface area contributed by atoms with Gasteiger partial charge in [-0.25, -0.2) is 0 Å². The van der Waals surface area contributed by atoms with Gasteiger partial charge in [-0.1, -0.05) is 37.3 Å². The minimum atomic E-state index is 0.0289. The van der Waals surface area contributed by atoms with Gasteiger partial charge in [-0.15, -0.1) is 0 Å². The molecule has 1 heterocycles. The molecule has 1 aromatic rings. The first-order chi connectivity index (χ1) is 9.20. The summed E-state index contributed by atoms with van der Waals surface area (Å²) in [6, 6.07) is 10.6. The maximum atomic E-state index is 6.12. The quantitative estimate of drug-likeness (QED) is 0.854. The third kappa shape index (κ3) is 3.16. The minimum Gasteiger partial charge on any atom is -0.381 e. The standard InChI is InChI=1S/C16H26N2O/c1-3-18(11-14-7-5-4-6-8-14)16(2,13-17)15-9-10-19-12-15/h4-8,15H,3,9-13,17H2,1-2H3. The zero-order valence-corrected chi connectivity index (χ0v) is 12.1. The topological polar surface area (TPSA) is 38.5 Å². The third-order valence-corrected chi connectivity index (χ3v) is 4.54. The fourth-order valence-electron chi connectivity index (χ4n) is 3.04. The Labute approximate surface area is 116 Å². The summed E-state index contributed by atoms with van der Waals surface area (Å²) >= 11 is 0. The molecule has 0 saturated carbocycles. The van der Waals surface area contributed by atoms with E-state index >= 15 is 0 Å². The molecule has 3 heteroatoms. The predicted molar refractivity (Wildman–Crippen MR) is 78.9 cm³/mol. The molecule has 0 amide bonds. The average molecular weight is 262 g/mol. The van der Waals surface area contributed by atoms with Crippen molar-refractivity contribution >= 4 is 0 Å². The first-order valence-electron chi connectivity index (χ1n) is 7.27. The van der Waals surface area contributed by atoms with Crippen LogP contribution < -0.4 is 5.73 Å². The normalized spacial score (nSPS) is 22.6. The summed E-state index contributed by atoms with van der Waals surface area (Å²) < 4.78 is 5.57. The van der Waals surface area contributed by atoms with Crippen molar-refractivity contribution in [3.8, 4) is 0 Å². The highest BCUT2D eigenvalue weighted by atomic mass is 16.5. The Kier molecular flexibility index (Phi) is 4.97. The average Bonchev–Trinajstić information content (AvgIpc) is 3.00. The summed E-state index contributed by atoms with van der Waals surface area (Å²) in [6.07, 6.45) is 1.12. The minimum absolute atomic E-state index is 0.0289. The van der Waals surface area contributed by atoms with Crippen molar-refractivity contribution in [1.82, 2.24) is 4.90 Å². The summed E-state index contributed by atoms with van der Waals surface area (Å²) in [4.78, 5) is 2.50. The second kappa shape index (κ2) is 6.51. The summed E-state index contributed by atoms with van der Waals surface area (Å²) in [5.41, 5.74) is 7.50. The van der Waals surface area contributed by atoms with Gasteiger partial charge in [-0.2, -0.15) is 0 Å². The van der Waals surface area contributed by atoms with Gasteiger partial charge in [0.05, 0.1) is 6.61 Å². The molecule has 1 aromatic carbocycles. The Morgan fingerprint density at radius 1 is 1.37 bits per heavy atom. The van der Waals surface area contributed by atoms with E-state index in [1.165, 1.54) is 5.56 Å². The SMILES string of the molecule is CCN(Cc1ccccc1)C(C)(CN)C1CCOC1. The van der Waals surface area contributed by atoms with Gasteiger partial charge in [-0.3, -0.25) is 4.90 Å². The van der Waals surface area contributed by atoms with E-state index in [2.05, 4.69) is 49.1 Å². The van der Waals surface area contributed by atoms with Crippen molar-refractivity contribution in [2.75, 3.05) is 26.3 Å². The molecular weight excluding hydrogens is 236 g/mol. The molecule has 0 aliphatic carbocycles. The molecule has 1 fully saturated rings. The highest BCUT2D eigenvalue weighted by molar-refractivity contribution is 5.15. The zero-order valence-electron chi connectivity index (χ0n) is 12.1. The number of benzene rings is 1. The van der Waals surface area contributed by atoms with Crippen LogP contribution in [0, 0.1) is 5.92 Å². The molecule has 0 aromatic heterocycles. The van der Waals surface area contributed by atoms with E-state index in [9.17, 15) is 0 Å². The summed E-state index contributed by atoms with van der Waals surface area (Å²) in [5, 5.41) is 0. The largest absolute Gasteiger partial charge is 0.381 e. The van der Waals surface area contributed by atoms with Crippen LogP contribution in [0.1, 0.15) is 25.8 Å². The lowest BCUT2D eigenvalue weighted by molar-refractivity contribution is 0.0428. The van der Waals surface area contributed by atoms with Crippen LogP contribution in [0.5, 0.6) is 0 Å². The predicted octanol–water partition coefficient (Wildman–Crippen LogP) is 2.26. The van der Waals surface area contributed by atoms with E-state index < -0.39 is 0 Å². The Bertz CT molecular complexity index is 376. The molecule has 2 N–H and O–H groups in total. The fraction of sp³-hybridized carbons (Fsp3) is 0.625. The van der Waals surface area contributed by atoms with Gasteiger partial charge in [0, 0.05) is 31.2 Å². The molecule has 19 heavy (non-hydrogen) atoms. The lowest BCUT2D eigenvalue weighted by atomic mass is 9.83. The van der Waals surface area contributed by atoms with Crippen molar-refractivity contribution in [2.45, 2.75) is 32.4 Å². The molecule has 0 bridgehead atoms. The molecule has 0 radical (unpaired) electrons. The second-order valence-electron chi connectivity index (χ2n) is 5.62. The van der Waals surface area contributed by atoms with Gasteiger partial charge in [0.1, 0.15) is 0 Å². The van der Waals surface area contributed by atoms with E-state index in [-0.39, 0.29) is 5.54 Å². The zero-order chi connectivity index (χ0) is 13.7. The van der Waals surface area contributed by atoms with E-state index in [0.717, 1.165) is 32.7 Å². The van der Waals surface area contributed by atoms with Gasteiger partial charge in [0.15, 0.2) is 0 Å². The van der Waals surface area contributed by atoms with Gasteiger partial charge < -0.3 is 10.5 Å². The van der Waals surface area contributed by atoms with Gasteiger partial charge in [0.2, 0.25) is 0 Å². The van der Waals surface area contributed by atoms with E-state index in [0.29, 0.717) is 12.5 Å². The number of hydrogen-bond donors (Lipinski definition) is 1. The lowest BCUT2D eigenvalue weighted by Gasteiger charge is -2.44. The maximum absolute atomic E-state index is 6.12.